The lowest BCUT2D eigenvalue weighted by molar-refractivity contribution is -0.485. The van der Waals surface area contributed by atoms with E-state index in [4.69, 9.17) is 0 Å². The van der Waals surface area contributed by atoms with Crippen molar-refractivity contribution in [1.82, 2.24) is 0 Å². The molecule has 0 aromatic rings. The molecule has 2 aliphatic carbocycles. The SMILES string of the molecule is CC1(C)/C(=N\[N+](=O)[O-])[C@@]2(Br)CC[C@@H]1C2. The summed E-state index contributed by atoms with van der Waals surface area (Å²) in [7, 11) is 0. The number of hydrogen-bond donors (Lipinski definition) is 0. The lowest BCUT2D eigenvalue weighted by Crippen LogP contribution is -2.38. The summed E-state index contributed by atoms with van der Waals surface area (Å²) >= 11 is 3.62. The maximum Gasteiger partial charge on any atom is 0.190 e. The maximum absolute atomic E-state index is 10.5. The van der Waals surface area contributed by atoms with Crippen molar-refractivity contribution in [3.05, 3.63) is 10.1 Å². The van der Waals surface area contributed by atoms with Gasteiger partial charge in [-0.25, -0.2) is 10.1 Å². The second kappa shape index (κ2) is 2.78. The van der Waals surface area contributed by atoms with Gasteiger partial charge in [-0.15, -0.1) is 0 Å². The van der Waals surface area contributed by atoms with Gasteiger partial charge in [0.15, 0.2) is 5.03 Å². The van der Waals surface area contributed by atoms with Gasteiger partial charge in [-0.2, -0.15) is 0 Å². The highest BCUT2D eigenvalue weighted by molar-refractivity contribution is 9.10. The third kappa shape index (κ3) is 1.21. The molecule has 0 unspecified atom stereocenters. The highest BCUT2D eigenvalue weighted by Crippen LogP contribution is 2.59. The Morgan fingerprint density at radius 1 is 1.64 bits per heavy atom. The fourth-order valence-corrected chi connectivity index (χ4v) is 4.11. The molecule has 0 amide bonds. The fourth-order valence-electron chi connectivity index (χ4n) is 2.90. The van der Waals surface area contributed by atoms with E-state index in [1.54, 1.807) is 0 Å². The van der Waals surface area contributed by atoms with Gasteiger partial charge in [0.05, 0.1) is 9.43 Å². The van der Waals surface area contributed by atoms with Crippen LogP contribution in [0.2, 0.25) is 0 Å². The average Bonchev–Trinajstić information content (AvgIpc) is 2.49. The van der Waals surface area contributed by atoms with Crippen LogP contribution in [0.25, 0.3) is 0 Å². The summed E-state index contributed by atoms with van der Waals surface area (Å²) in [4.78, 5) is 10.5. The van der Waals surface area contributed by atoms with E-state index in [1.165, 1.54) is 0 Å². The zero-order chi connectivity index (χ0) is 10.6. The van der Waals surface area contributed by atoms with Crippen LogP contribution in [0.1, 0.15) is 33.1 Å². The normalized spacial score (nSPS) is 41.9. The van der Waals surface area contributed by atoms with Gasteiger partial charge in [0.2, 0.25) is 0 Å². The van der Waals surface area contributed by atoms with E-state index in [0.717, 1.165) is 25.0 Å². The zero-order valence-corrected chi connectivity index (χ0v) is 9.87. The van der Waals surface area contributed by atoms with Crippen LogP contribution in [-0.4, -0.2) is 15.1 Å². The van der Waals surface area contributed by atoms with Crippen LogP contribution in [0.15, 0.2) is 5.10 Å². The summed E-state index contributed by atoms with van der Waals surface area (Å²) in [6.45, 7) is 4.12. The summed E-state index contributed by atoms with van der Waals surface area (Å²) in [5, 5.41) is 13.5. The van der Waals surface area contributed by atoms with Crippen LogP contribution in [0, 0.1) is 21.4 Å². The molecular formula is C9H13BrN2O2. The molecule has 2 aliphatic rings. The first-order valence-electron chi connectivity index (χ1n) is 4.79. The van der Waals surface area contributed by atoms with Gasteiger partial charge in [-0.05, 0) is 25.2 Å². The highest BCUT2D eigenvalue weighted by Gasteiger charge is 2.60. The van der Waals surface area contributed by atoms with Crippen LogP contribution in [0.4, 0.5) is 0 Å². The number of nitro groups is 1. The van der Waals surface area contributed by atoms with Crippen LogP contribution >= 0.6 is 15.9 Å². The number of nitrogens with zero attached hydrogens (tertiary/aromatic N) is 2. The minimum Gasteiger partial charge on any atom is -0.233 e. The molecule has 2 bridgehead atoms. The number of rotatable bonds is 1. The first kappa shape index (κ1) is 10.1. The minimum atomic E-state index is -0.569. The van der Waals surface area contributed by atoms with E-state index >= 15 is 0 Å². The van der Waals surface area contributed by atoms with Crippen LogP contribution in [0.5, 0.6) is 0 Å². The van der Waals surface area contributed by atoms with Gasteiger partial charge < -0.3 is 0 Å². The number of hydrogen-bond acceptors (Lipinski definition) is 2. The Morgan fingerprint density at radius 2 is 2.29 bits per heavy atom. The molecule has 2 atom stereocenters. The second-order valence-corrected chi connectivity index (χ2v) is 6.33. The van der Waals surface area contributed by atoms with Crippen LogP contribution < -0.4 is 0 Å². The molecule has 2 fully saturated rings. The summed E-state index contributed by atoms with van der Waals surface area (Å²) in [5.41, 5.74) is 0.612. The standard InChI is InChI=1S/C9H13BrN2O2/c1-8(2)6-3-4-9(10,5-6)7(8)11-12(13)14/h6H,3-5H2,1-2H3/b11-7+/t6-,9-/m1/s1. The Bertz CT molecular complexity index is 320. The average molecular weight is 261 g/mol. The van der Waals surface area contributed by atoms with E-state index < -0.39 is 5.03 Å². The molecule has 0 aromatic carbocycles. The van der Waals surface area contributed by atoms with Crippen molar-refractivity contribution in [3.63, 3.8) is 0 Å². The molecule has 2 rings (SSSR count). The van der Waals surface area contributed by atoms with Crippen molar-refractivity contribution in [1.29, 1.82) is 0 Å². The lowest BCUT2D eigenvalue weighted by atomic mass is 9.75. The van der Waals surface area contributed by atoms with Gasteiger partial charge in [0.1, 0.15) is 5.71 Å². The lowest BCUT2D eigenvalue weighted by Gasteiger charge is -2.31. The Labute approximate surface area is 91.0 Å². The first-order chi connectivity index (χ1) is 6.36. The Morgan fingerprint density at radius 3 is 2.71 bits per heavy atom. The molecule has 5 heteroatoms. The fraction of sp³-hybridized carbons (Fsp3) is 0.889. The summed E-state index contributed by atoms with van der Waals surface area (Å²) in [6.07, 6.45) is 3.12. The van der Waals surface area contributed by atoms with Crippen molar-refractivity contribution in [2.75, 3.05) is 0 Å². The Hall–Kier alpha value is -0.450. The molecule has 0 saturated heterocycles. The first-order valence-corrected chi connectivity index (χ1v) is 5.58. The molecule has 0 heterocycles. The Balaban J connectivity index is 2.44. The predicted octanol–water partition coefficient (Wildman–Crippen LogP) is 2.59. The van der Waals surface area contributed by atoms with Gasteiger partial charge in [-0.3, -0.25) is 0 Å². The molecule has 0 aromatic heterocycles. The summed E-state index contributed by atoms with van der Waals surface area (Å²) in [5.74, 6) is 0.542. The molecule has 0 N–H and O–H groups in total. The summed E-state index contributed by atoms with van der Waals surface area (Å²) < 4.78 is -0.186. The molecule has 0 radical (unpaired) electrons. The molecule has 4 nitrogen and oxygen atoms in total. The number of fused-ring (bicyclic) bond motifs is 2. The third-order valence-electron chi connectivity index (χ3n) is 3.70. The van der Waals surface area contributed by atoms with Gasteiger partial charge >= 0.3 is 0 Å². The monoisotopic (exact) mass is 260 g/mol. The van der Waals surface area contributed by atoms with Crippen LogP contribution in [0.3, 0.4) is 0 Å². The topological polar surface area (TPSA) is 55.5 Å². The molecule has 2 saturated carbocycles. The molecule has 0 aliphatic heterocycles. The molecule has 78 valence electrons. The predicted molar refractivity (Wildman–Crippen MR) is 57.2 cm³/mol. The van der Waals surface area contributed by atoms with Crippen molar-refractivity contribution < 1.29 is 5.03 Å². The van der Waals surface area contributed by atoms with E-state index in [0.29, 0.717) is 5.92 Å². The van der Waals surface area contributed by atoms with Gasteiger partial charge in [0.25, 0.3) is 0 Å². The number of halogens is 1. The third-order valence-corrected chi connectivity index (χ3v) is 4.79. The van der Waals surface area contributed by atoms with E-state index in [-0.39, 0.29) is 9.74 Å². The molecule has 0 spiro atoms. The molecule has 14 heavy (non-hydrogen) atoms. The minimum absolute atomic E-state index is 0.116. The van der Waals surface area contributed by atoms with Crippen molar-refractivity contribution in [2.45, 2.75) is 37.4 Å². The van der Waals surface area contributed by atoms with E-state index in [1.807, 2.05) is 0 Å². The zero-order valence-electron chi connectivity index (χ0n) is 8.29. The van der Waals surface area contributed by atoms with Crippen molar-refractivity contribution >= 4 is 21.6 Å². The largest absolute Gasteiger partial charge is 0.233 e. The molecular weight excluding hydrogens is 248 g/mol. The second-order valence-electron chi connectivity index (χ2n) is 4.81. The quantitative estimate of drug-likeness (QED) is 0.414. The Kier molecular flexibility index (Phi) is 2.00. The summed E-state index contributed by atoms with van der Waals surface area (Å²) in [6, 6.07) is 0. The van der Waals surface area contributed by atoms with Crippen molar-refractivity contribution in [2.24, 2.45) is 16.4 Å². The highest BCUT2D eigenvalue weighted by atomic mass is 79.9. The number of hydrazone groups is 1. The number of alkyl halides is 1. The van der Waals surface area contributed by atoms with Gasteiger partial charge in [-0.1, -0.05) is 29.8 Å². The van der Waals surface area contributed by atoms with Crippen molar-refractivity contribution in [3.8, 4) is 0 Å². The van der Waals surface area contributed by atoms with E-state index in [9.17, 15) is 10.1 Å². The van der Waals surface area contributed by atoms with E-state index in [2.05, 4.69) is 34.9 Å². The maximum atomic E-state index is 10.5. The van der Waals surface area contributed by atoms with Gasteiger partial charge in [0, 0.05) is 5.41 Å². The van der Waals surface area contributed by atoms with Crippen LogP contribution in [-0.2, 0) is 0 Å². The smallest absolute Gasteiger partial charge is 0.190 e.